The molecule has 2 aromatic carbocycles. The second kappa shape index (κ2) is 10.3. The van der Waals surface area contributed by atoms with Gasteiger partial charge in [0, 0.05) is 18.2 Å². The molecule has 2 aromatic heterocycles. The molecule has 3 N–H and O–H groups in total. The third-order valence-electron chi connectivity index (χ3n) is 5.58. The minimum absolute atomic E-state index is 0.160. The molecule has 0 aliphatic heterocycles. The van der Waals surface area contributed by atoms with Crippen LogP contribution in [0.25, 0.3) is 34.0 Å². The van der Waals surface area contributed by atoms with Crippen molar-refractivity contribution in [1.29, 1.82) is 0 Å². The molecule has 4 aromatic rings. The third-order valence-corrected chi connectivity index (χ3v) is 7.75. The summed E-state index contributed by atoms with van der Waals surface area (Å²) in [6.07, 6.45) is 1.51. The molecule has 0 aliphatic rings. The lowest BCUT2D eigenvalue weighted by Gasteiger charge is -2.10. The number of aromatic nitrogens is 3. The van der Waals surface area contributed by atoms with Crippen molar-refractivity contribution in [2.45, 2.75) is 36.4 Å². The highest BCUT2D eigenvalue weighted by atomic mass is 32.2. The molecular formula is C24H22B3N5O3S. The maximum atomic E-state index is 12.4. The molecule has 0 aliphatic carbocycles. The number of anilines is 1. The SMILES string of the molecule is [B]c1cc(CNC([B])[B])ccc1-c1cc(-c2nc(-c3ccc(S(=O)(=O)C(C)C)cc3)cnc2N)on1. The van der Waals surface area contributed by atoms with Crippen molar-refractivity contribution in [2.24, 2.45) is 0 Å². The van der Waals surface area contributed by atoms with E-state index in [0.717, 1.165) is 5.56 Å². The Kier molecular flexibility index (Phi) is 7.37. The summed E-state index contributed by atoms with van der Waals surface area (Å²) in [6, 6.07) is 13.7. The molecule has 0 bridgehead atoms. The molecule has 0 unspecified atom stereocenters. The predicted molar refractivity (Wildman–Crippen MR) is 143 cm³/mol. The van der Waals surface area contributed by atoms with Crippen LogP contribution in [-0.2, 0) is 16.4 Å². The zero-order valence-electron chi connectivity index (χ0n) is 19.8. The monoisotopic (exact) mass is 493 g/mol. The molecule has 0 atom stereocenters. The van der Waals surface area contributed by atoms with Crippen molar-refractivity contribution in [2.75, 3.05) is 5.73 Å². The smallest absolute Gasteiger partial charge is 0.189 e. The maximum absolute atomic E-state index is 12.4. The van der Waals surface area contributed by atoms with E-state index < -0.39 is 20.9 Å². The number of rotatable bonds is 8. The second-order valence-corrected chi connectivity index (χ2v) is 11.0. The average Bonchev–Trinajstić information content (AvgIpc) is 3.32. The van der Waals surface area contributed by atoms with Crippen LogP contribution in [0.1, 0.15) is 19.4 Å². The number of sulfone groups is 1. The second-order valence-electron chi connectivity index (χ2n) is 8.51. The Labute approximate surface area is 214 Å². The van der Waals surface area contributed by atoms with Crippen LogP contribution in [0.4, 0.5) is 5.82 Å². The average molecular weight is 493 g/mol. The number of nitrogens with two attached hydrogens (primary N) is 1. The molecule has 6 radical (unpaired) electrons. The fraction of sp³-hybridized carbons (Fsp3) is 0.208. The molecule has 0 fully saturated rings. The van der Waals surface area contributed by atoms with Crippen molar-refractivity contribution in [3.63, 3.8) is 0 Å². The van der Waals surface area contributed by atoms with Crippen LogP contribution < -0.4 is 16.5 Å². The fourth-order valence-electron chi connectivity index (χ4n) is 3.51. The van der Waals surface area contributed by atoms with E-state index in [0.29, 0.717) is 46.0 Å². The molecule has 12 heteroatoms. The lowest BCUT2D eigenvalue weighted by molar-refractivity contribution is 0.434. The topological polar surface area (TPSA) is 124 Å². The van der Waals surface area contributed by atoms with Crippen LogP contribution in [0, 0.1) is 0 Å². The van der Waals surface area contributed by atoms with Crippen LogP contribution in [0.2, 0.25) is 0 Å². The molecule has 2 heterocycles. The van der Waals surface area contributed by atoms with Crippen LogP contribution >= 0.6 is 0 Å². The Morgan fingerprint density at radius 2 is 1.78 bits per heavy atom. The van der Waals surface area contributed by atoms with Crippen molar-refractivity contribution in [1.82, 2.24) is 20.4 Å². The summed E-state index contributed by atoms with van der Waals surface area (Å²) in [4.78, 5) is 9.07. The van der Waals surface area contributed by atoms with Crippen molar-refractivity contribution in [3.05, 3.63) is 60.3 Å². The van der Waals surface area contributed by atoms with Crippen molar-refractivity contribution < 1.29 is 12.9 Å². The van der Waals surface area contributed by atoms with Gasteiger partial charge in [0.15, 0.2) is 27.1 Å². The van der Waals surface area contributed by atoms with E-state index in [-0.39, 0.29) is 10.7 Å². The Bertz CT molecular complexity index is 1490. The first-order chi connectivity index (χ1) is 17.1. The van der Waals surface area contributed by atoms with E-state index in [1.807, 2.05) is 12.1 Å². The Morgan fingerprint density at radius 1 is 1.06 bits per heavy atom. The Hall–Kier alpha value is -3.37. The fourth-order valence-corrected chi connectivity index (χ4v) is 4.57. The highest BCUT2D eigenvalue weighted by Gasteiger charge is 2.20. The summed E-state index contributed by atoms with van der Waals surface area (Å²) < 4.78 is 30.3. The maximum Gasteiger partial charge on any atom is 0.189 e. The van der Waals surface area contributed by atoms with Gasteiger partial charge in [0.1, 0.15) is 13.5 Å². The van der Waals surface area contributed by atoms with Gasteiger partial charge in [0.25, 0.3) is 0 Å². The third kappa shape index (κ3) is 5.39. The Balaban J connectivity index is 1.62. The van der Waals surface area contributed by atoms with Gasteiger partial charge in [0.05, 0.1) is 37.7 Å². The lowest BCUT2D eigenvalue weighted by Crippen LogP contribution is -2.29. The van der Waals surface area contributed by atoms with Crippen molar-refractivity contribution >= 4 is 44.7 Å². The first kappa shape index (κ1) is 25.7. The number of hydrogen-bond donors (Lipinski definition) is 2. The first-order valence-corrected chi connectivity index (χ1v) is 12.7. The van der Waals surface area contributed by atoms with Gasteiger partial charge in [-0.2, -0.15) is 0 Å². The zero-order valence-corrected chi connectivity index (χ0v) is 20.7. The van der Waals surface area contributed by atoms with E-state index in [4.69, 9.17) is 33.8 Å². The summed E-state index contributed by atoms with van der Waals surface area (Å²) in [7, 11) is 13.9. The molecule has 176 valence electrons. The number of nitrogen functional groups attached to an aromatic ring is 1. The normalized spacial score (nSPS) is 11.9. The van der Waals surface area contributed by atoms with Gasteiger partial charge in [-0.3, -0.25) is 0 Å². The highest BCUT2D eigenvalue weighted by Crippen LogP contribution is 2.30. The van der Waals surface area contributed by atoms with Gasteiger partial charge in [0.2, 0.25) is 0 Å². The summed E-state index contributed by atoms with van der Waals surface area (Å²) in [6.45, 7) is 3.75. The quantitative estimate of drug-likeness (QED) is 0.356. The minimum atomic E-state index is -3.38. The van der Waals surface area contributed by atoms with Gasteiger partial charge < -0.3 is 15.6 Å². The molecule has 4 rings (SSSR count). The van der Waals surface area contributed by atoms with Gasteiger partial charge in [-0.15, -0.1) is 0 Å². The lowest BCUT2D eigenvalue weighted by atomic mass is 9.78. The minimum Gasteiger partial charge on any atom is -0.382 e. The van der Waals surface area contributed by atoms with Crippen LogP contribution in [-0.4, -0.2) is 58.2 Å². The van der Waals surface area contributed by atoms with Crippen LogP contribution in [0.3, 0.4) is 0 Å². The van der Waals surface area contributed by atoms with Gasteiger partial charge in [-0.1, -0.05) is 46.8 Å². The highest BCUT2D eigenvalue weighted by molar-refractivity contribution is 7.92. The molecule has 8 nitrogen and oxygen atoms in total. The van der Waals surface area contributed by atoms with E-state index in [1.54, 1.807) is 50.2 Å². The number of nitrogens with one attached hydrogen (secondary N) is 1. The molecular weight excluding hydrogens is 471 g/mol. The van der Waals surface area contributed by atoms with Gasteiger partial charge in [-0.05, 0) is 37.1 Å². The van der Waals surface area contributed by atoms with E-state index in [1.165, 1.54) is 6.20 Å². The largest absolute Gasteiger partial charge is 0.382 e. The summed E-state index contributed by atoms with van der Waals surface area (Å²) in [5.74, 6) is -0.152. The molecule has 0 amide bonds. The summed E-state index contributed by atoms with van der Waals surface area (Å²) in [5.41, 5.74) is 10.2. The summed E-state index contributed by atoms with van der Waals surface area (Å²) >= 11 is 0. The predicted octanol–water partition coefficient (Wildman–Crippen LogP) is 1.73. The Morgan fingerprint density at radius 3 is 2.42 bits per heavy atom. The number of nitrogens with zero attached hydrogens (tertiary/aromatic N) is 3. The number of benzene rings is 2. The van der Waals surface area contributed by atoms with Gasteiger partial charge >= 0.3 is 0 Å². The molecule has 0 spiro atoms. The molecule has 36 heavy (non-hydrogen) atoms. The molecule has 0 saturated carbocycles. The van der Waals surface area contributed by atoms with Crippen LogP contribution in [0.5, 0.6) is 0 Å². The summed E-state index contributed by atoms with van der Waals surface area (Å²) in [5, 5.41) is 6.53. The standard InChI is InChI=1S/C24H22B3N5O3S/c1-13(2)36(33,34)16-6-4-15(5-7-16)20-12-29-23(28)22(31-20)21-10-19(32-35-21)17-8-3-14(9-18(17)25)11-30-24(26)27/h3-10,12-13,24,30H,11H2,1-2H3,(H2,28,29). The molecule has 0 saturated heterocycles. The zero-order chi connectivity index (χ0) is 26.0. The van der Waals surface area contributed by atoms with E-state index in [9.17, 15) is 8.42 Å². The number of hydrogen-bond acceptors (Lipinski definition) is 8. The van der Waals surface area contributed by atoms with Gasteiger partial charge in [-0.25, -0.2) is 18.4 Å². The van der Waals surface area contributed by atoms with E-state index >= 15 is 0 Å². The van der Waals surface area contributed by atoms with Crippen molar-refractivity contribution in [3.8, 4) is 34.0 Å². The first-order valence-electron chi connectivity index (χ1n) is 11.1. The van der Waals surface area contributed by atoms with E-state index in [2.05, 4.69) is 20.4 Å². The van der Waals surface area contributed by atoms with Crippen LogP contribution in [0.15, 0.2) is 64.1 Å².